The Bertz CT molecular complexity index is 928. The highest BCUT2D eigenvalue weighted by Gasteiger charge is 2.24. The molecule has 7 heteroatoms. The molecule has 0 bridgehead atoms. The number of carbonyl (C=O) groups is 1. The van der Waals surface area contributed by atoms with Crippen LogP contribution in [0.25, 0.3) is 0 Å². The number of halogens is 3. The maximum Gasteiger partial charge on any atom is 0.253 e. The zero-order valence-electron chi connectivity index (χ0n) is 13.2. The minimum absolute atomic E-state index is 0.298. The highest BCUT2D eigenvalue weighted by atomic mass is 79.9. The minimum Gasteiger partial charge on any atom is -0.338 e. The Morgan fingerprint density at radius 2 is 2.08 bits per heavy atom. The number of aromatic nitrogens is 2. The molecule has 3 aromatic rings. The van der Waals surface area contributed by atoms with Crippen LogP contribution in [0.2, 0.25) is 5.02 Å². The summed E-state index contributed by atoms with van der Waals surface area (Å²) >= 11 is 9.45. The summed E-state index contributed by atoms with van der Waals surface area (Å²) in [5.41, 5.74) is 0.628. The van der Waals surface area contributed by atoms with E-state index in [4.69, 9.17) is 11.6 Å². The van der Waals surface area contributed by atoms with E-state index < -0.39 is 17.8 Å². The third kappa shape index (κ3) is 3.75. The molecule has 0 spiro atoms. The molecule has 1 N–H and O–H groups in total. The number of carbonyl (C=O) groups excluding carboxylic acids is 1. The molecular weight excluding hydrogens is 409 g/mol. The predicted molar refractivity (Wildman–Crippen MR) is 98.1 cm³/mol. The van der Waals surface area contributed by atoms with Crippen LogP contribution in [0, 0.1) is 5.82 Å². The van der Waals surface area contributed by atoms with Gasteiger partial charge >= 0.3 is 0 Å². The van der Waals surface area contributed by atoms with Gasteiger partial charge in [-0.2, -0.15) is 0 Å². The molecule has 0 unspecified atom stereocenters. The molecule has 0 saturated heterocycles. The third-order valence-electron chi connectivity index (χ3n) is 3.78. The van der Waals surface area contributed by atoms with Gasteiger partial charge in [0.2, 0.25) is 0 Å². The first-order chi connectivity index (χ1) is 12.0. The average Bonchev–Trinajstić information content (AvgIpc) is 3.01. The van der Waals surface area contributed by atoms with Gasteiger partial charge in [-0.3, -0.25) is 4.79 Å². The van der Waals surface area contributed by atoms with Crippen molar-refractivity contribution in [1.82, 2.24) is 14.9 Å². The van der Waals surface area contributed by atoms with E-state index in [0.717, 1.165) is 4.47 Å². The molecule has 25 heavy (non-hydrogen) atoms. The number of nitrogens with zero attached hydrogens (tertiary/aromatic N) is 2. The fourth-order valence-corrected chi connectivity index (χ4v) is 3.09. The largest absolute Gasteiger partial charge is 0.338 e. The second-order valence-electron chi connectivity index (χ2n) is 5.45. The Kier molecular flexibility index (Phi) is 5.20. The number of hydrogen-bond donors (Lipinski definition) is 1. The van der Waals surface area contributed by atoms with Crippen LogP contribution in [0.3, 0.4) is 0 Å². The van der Waals surface area contributed by atoms with Gasteiger partial charge in [-0.05, 0) is 24.3 Å². The molecule has 4 nitrogen and oxygen atoms in total. The van der Waals surface area contributed by atoms with Gasteiger partial charge < -0.3 is 9.88 Å². The maximum atomic E-state index is 14.3. The standard InChI is InChI=1S/C18H14BrClFN3O/c1-24-9-8-22-17(24)16(12-4-2-3-5-15(12)21)23-18(25)13-10-11(19)6-7-14(13)20/h2-10,16H,1H3,(H,23,25)/t16-/m0/s1. The fraction of sp³-hybridized carbons (Fsp3) is 0.111. The van der Waals surface area contributed by atoms with Crippen LogP contribution in [0.1, 0.15) is 27.8 Å². The van der Waals surface area contributed by atoms with E-state index in [2.05, 4.69) is 26.2 Å². The highest BCUT2D eigenvalue weighted by molar-refractivity contribution is 9.10. The Balaban J connectivity index is 2.01. The van der Waals surface area contributed by atoms with E-state index in [1.807, 2.05) is 0 Å². The zero-order chi connectivity index (χ0) is 18.0. The average molecular weight is 423 g/mol. The number of aryl methyl sites for hydroxylation is 1. The lowest BCUT2D eigenvalue weighted by Gasteiger charge is -2.20. The Hall–Kier alpha value is -2.18. The van der Waals surface area contributed by atoms with Crippen LogP contribution in [0.15, 0.2) is 59.3 Å². The van der Waals surface area contributed by atoms with Crippen LogP contribution in [0.5, 0.6) is 0 Å². The number of amides is 1. The Morgan fingerprint density at radius 3 is 2.76 bits per heavy atom. The van der Waals surface area contributed by atoms with E-state index >= 15 is 0 Å². The van der Waals surface area contributed by atoms with Gasteiger partial charge in [0.05, 0.1) is 10.6 Å². The summed E-state index contributed by atoms with van der Waals surface area (Å²) in [5.74, 6) is -0.316. The van der Waals surface area contributed by atoms with E-state index in [9.17, 15) is 9.18 Å². The molecule has 128 valence electrons. The molecule has 3 rings (SSSR count). The van der Waals surface area contributed by atoms with Crippen molar-refractivity contribution < 1.29 is 9.18 Å². The summed E-state index contributed by atoms with van der Waals surface area (Å²) in [5, 5.41) is 3.15. The van der Waals surface area contributed by atoms with Crippen LogP contribution < -0.4 is 5.32 Å². The van der Waals surface area contributed by atoms with Gasteiger partial charge in [0.1, 0.15) is 17.7 Å². The van der Waals surface area contributed by atoms with Crippen molar-refractivity contribution >= 4 is 33.4 Å². The summed E-state index contributed by atoms with van der Waals surface area (Å²) in [6, 6.07) is 10.5. The lowest BCUT2D eigenvalue weighted by molar-refractivity contribution is 0.0940. The fourth-order valence-electron chi connectivity index (χ4n) is 2.53. The molecule has 1 heterocycles. The van der Waals surface area contributed by atoms with Crippen molar-refractivity contribution in [1.29, 1.82) is 0 Å². The number of benzene rings is 2. The quantitative estimate of drug-likeness (QED) is 0.673. The van der Waals surface area contributed by atoms with Crippen molar-refractivity contribution in [3.63, 3.8) is 0 Å². The lowest BCUT2D eigenvalue weighted by atomic mass is 10.0. The van der Waals surface area contributed by atoms with E-state index in [1.165, 1.54) is 6.07 Å². The van der Waals surface area contributed by atoms with E-state index in [1.54, 1.807) is 60.4 Å². The van der Waals surface area contributed by atoms with Crippen molar-refractivity contribution in [2.45, 2.75) is 6.04 Å². The van der Waals surface area contributed by atoms with Crippen LogP contribution in [-0.4, -0.2) is 15.5 Å². The first-order valence-corrected chi connectivity index (χ1v) is 8.62. The second-order valence-corrected chi connectivity index (χ2v) is 6.77. The number of rotatable bonds is 4. The molecule has 0 saturated carbocycles. The predicted octanol–water partition coefficient (Wildman–Crippen LogP) is 4.49. The SMILES string of the molecule is Cn1ccnc1[C@@H](NC(=O)c1cc(Br)ccc1Cl)c1ccccc1F. The summed E-state index contributed by atoms with van der Waals surface area (Å²) in [4.78, 5) is 17.0. The molecule has 0 radical (unpaired) electrons. The van der Waals surface area contributed by atoms with Gasteiger partial charge in [-0.15, -0.1) is 0 Å². The van der Waals surface area contributed by atoms with Gasteiger partial charge in [-0.1, -0.05) is 45.7 Å². The monoisotopic (exact) mass is 421 g/mol. The molecule has 0 aliphatic rings. The van der Waals surface area contributed by atoms with Gasteiger partial charge in [0, 0.05) is 29.5 Å². The molecule has 1 atom stereocenters. The minimum atomic E-state index is -0.747. The Labute approximate surface area is 157 Å². The smallest absolute Gasteiger partial charge is 0.253 e. The van der Waals surface area contributed by atoms with Crippen molar-refractivity contribution in [2.75, 3.05) is 0 Å². The van der Waals surface area contributed by atoms with Crippen molar-refractivity contribution in [2.24, 2.45) is 7.05 Å². The van der Waals surface area contributed by atoms with Gasteiger partial charge in [0.15, 0.2) is 0 Å². The maximum absolute atomic E-state index is 14.3. The van der Waals surface area contributed by atoms with Crippen LogP contribution in [0.4, 0.5) is 4.39 Å². The summed E-state index contributed by atoms with van der Waals surface area (Å²) in [7, 11) is 1.79. The van der Waals surface area contributed by atoms with E-state index in [-0.39, 0.29) is 0 Å². The molecule has 0 aliphatic heterocycles. The number of nitrogens with one attached hydrogen (secondary N) is 1. The Morgan fingerprint density at radius 1 is 1.32 bits per heavy atom. The first-order valence-electron chi connectivity index (χ1n) is 7.45. The topological polar surface area (TPSA) is 46.9 Å². The van der Waals surface area contributed by atoms with Crippen LogP contribution >= 0.6 is 27.5 Å². The zero-order valence-corrected chi connectivity index (χ0v) is 15.6. The van der Waals surface area contributed by atoms with Crippen molar-refractivity contribution in [3.05, 3.63) is 87.1 Å². The van der Waals surface area contributed by atoms with Crippen LogP contribution in [-0.2, 0) is 7.05 Å². The number of hydrogen-bond acceptors (Lipinski definition) is 2. The lowest BCUT2D eigenvalue weighted by Crippen LogP contribution is -2.32. The second kappa shape index (κ2) is 7.37. The summed E-state index contributed by atoms with van der Waals surface area (Å²) in [6.07, 6.45) is 3.34. The first kappa shape index (κ1) is 17.6. The van der Waals surface area contributed by atoms with E-state index in [0.29, 0.717) is 22.0 Å². The molecular formula is C18H14BrClFN3O. The number of imidazole rings is 1. The summed E-state index contributed by atoms with van der Waals surface area (Å²) in [6.45, 7) is 0. The molecule has 1 amide bonds. The van der Waals surface area contributed by atoms with Gasteiger partial charge in [0.25, 0.3) is 5.91 Å². The van der Waals surface area contributed by atoms with Crippen molar-refractivity contribution in [3.8, 4) is 0 Å². The van der Waals surface area contributed by atoms with Gasteiger partial charge in [-0.25, -0.2) is 9.37 Å². The normalized spacial score (nSPS) is 12.0. The molecule has 0 fully saturated rings. The highest BCUT2D eigenvalue weighted by Crippen LogP contribution is 2.26. The molecule has 0 aliphatic carbocycles. The molecule has 2 aromatic carbocycles. The molecule has 1 aromatic heterocycles. The third-order valence-corrected chi connectivity index (χ3v) is 4.60. The summed E-state index contributed by atoms with van der Waals surface area (Å²) < 4.78 is 16.8.